The summed E-state index contributed by atoms with van der Waals surface area (Å²) in [5.74, 6) is 0.651. The van der Waals surface area contributed by atoms with Gasteiger partial charge in [0, 0.05) is 6.42 Å². The van der Waals surface area contributed by atoms with Gasteiger partial charge in [-0.1, -0.05) is 48.7 Å². The molecule has 2 rings (SSSR count). The van der Waals surface area contributed by atoms with Gasteiger partial charge in [-0.3, -0.25) is 0 Å². The molecule has 1 aromatic rings. The Morgan fingerprint density at radius 1 is 1.41 bits per heavy atom. The summed E-state index contributed by atoms with van der Waals surface area (Å²) in [5.41, 5.74) is 0.369. The van der Waals surface area contributed by atoms with Crippen molar-refractivity contribution in [3.05, 3.63) is 33.8 Å². The lowest BCUT2D eigenvalue weighted by atomic mass is 9.91. The molecule has 1 fully saturated rings. The average molecular weight is 273 g/mol. The fourth-order valence-electron chi connectivity index (χ4n) is 2.76. The van der Waals surface area contributed by atoms with Crippen LogP contribution in [0.3, 0.4) is 0 Å². The van der Waals surface area contributed by atoms with Gasteiger partial charge in [0.25, 0.3) is 0 Å². The van der Waals surface area contributed by atoms with Crippen LogP contribution in [0.4, 0.5) is 0 Å². The molecular weight excluding hydrogens is 255 g/mol. The summed E-state index contributed by atoms with van der Waals surface area (Å²) in [5, 5.41) is 11.7. The highest BCUT2D eigenvalue weighted by molar-refractivity contribution is 6.42. The predicted octanol–water partition coefficient (Wildman–Crippen LogP) is 4.48. The SMILES string of the molecule is CCC1CCC(O)(Cc2cccc(Cl)c2Cl)C1. The first kappa shape index (κ1) is 13.2. The second-order valence-electron chi connectivity index (χ2n) is 5.13. The van der Waals surface area contributed by atoms with Crippen LogP contribution in [-0.2, 0) is 6.42 Å². The highest BCUT2D eigenvalue weighted by Crippen LogP contribution is 2.40. The van der Waals surface area contributed by atoms with Crippen LogP contribution in [0.2, 0.25) is 10.0 Å². The van der Waals surface area contributed by atoms with E-state index in [2.05, 4.69) is 6.92 Å². The summed E-state index contributed by atoms with van der Waals surface area (Å²) >= 11 is 12.1. The number of hydrogen-bond acceptors (Lipinski definition) is 1. The Labute approximate surface area is 113 Å². The molecule has 0 heterocycles. The Kier molecular flexibility index (Phi) is 4.02. The first-order chi connectivity index (χ1) is 8.04. The molecule has 2 unspecified atom stereocenters. The Hall–Kier alpha value is -0.240. The van der Waals surface area contributed by atoms with Crippen LogP contribution in [0.1, 0.15) is 38.2 Å². The van der Waals surface area contributed by atoms with E-state index in [1.54, 1.807) is 6.07 Å². The number of halogens is 2. The second kappa shape index (κ2) is 5.17. The van der Waals surface area contributed by atoms with Gasteiger partial charge in [-0.2, -0.15) is 0 Å². The van der Waals surface area contributed by atoms with Crippen LogP contribution >= 0.6 is 23.2 Å². The van der Waals surface area contributed by atoms with Gasteiger partial charge in [-0.15, -0.1) is 0 Å². The van der Waals surface area contributed by atoms with Gasteiger partial charge in [0.05, 0.1) is 15.6 Å². The maximum atomic E-state index is 10.6. The van der Waals surface area contributed by atoms with Gasteiger partial charge in [-0.25, -0.2) is 0 Å². The fourth-order valence-corrected chi connectivity index (χ4v) is 3.15. The summed E-state index contributed by atoms with van der Waals surface area (Å²) in [7, 11) is 0. The minimum absolute atomic E-state index is 0.567. The van der Waals surface area contributed by atoms with Gasteiger partial charge < -0.3 is 5.11 Å². The summed E-state index contributed by atoms with van der Waals surface area (Å²) in [6.45, 7) is 2.18. The molecule has 0 aromatic heterocycles. The van der Waals surface area contributed by atoms with E-state index in [4.69, 9.17) is 23.2 Å². The van der Waals surface area contributed by atoms with Gasteiger partial charge in [-0.05, 0) is 36.8 Å². The standard InChI is InChI=1S/C14H18Cl2O/c1-2-10-6-7-14(17,8-10)9-11-4-3-5-12(15)13(11)16/h3-5,10,17H,2,6-9H2,1H3. The molecular formula is C14H18Cl2O. The summed E-state index contributed by atoms with van der Waals surface area (Å²) in [6, 6.07) is 5.62. The Morgan fingerprint density at radius 3 is 2.82 bits per heavy atom. The third kappa shape index (κ3) is 2.96. The quantitative estimate of drug-likeness (QED) is 0.861. The molecule has 2 atom stereocenters. The number of hydrogen-bond donors (Lipinski definition) is 1. The Balaban J connectivity index is 2.13. The van der Waals surface area contributed by atoms with E-state index >= 15 is 0 Å². The molecule has 3 heteroatoms. The largest absolute Gasteiger partial charge is 0.390 e. The minimum Gasteiger partial charge on any atom is -0.390 e. The van der Waals surface area contributed by atoms with E-state index in [9.17, 15) is 5.11 Å². The third-order valence-electron chi connectivity index (χ3n) is 3.82. The molecule has 0 amide bonds. The first-order valence-electron chi connectivity index (χ1n) is 6.19. The lowest BCUT2D eigenvalue weighted by molar-refractivity contribution is 0.0437. The number of benzene rings is 1. The monoisotopic (exact) mass is 272 g/mol. The number of rotatable bonds is 3. The highest BCUT2D eigenvalue weighted by Gasteiger charge is 2.36. The second-order valence-corrected chi connectivity index (χ2v) is 5.92. The Bertz CT molecular complexity index is 405. The minimum atomic E-state index is -0.588. The molecule has 1 aliphatic rings. The normalized spacial score (nSPS) is 28.6. The molecule has 1 saturated carbocycles. The van der Waals surface area contributed by atoms with Crippen molar-refractivity contribution >= 4 is 23.2 Å². The van der Waals surface area contributed by atoms with Crippen LogP contribution in [0.25, 0.3) is 0 Å². The smallest absolute Gasteiger partial charge is 0.0691 e. The van der Waals surface area contributed by atoms with Crippen molar-refractivity contribution in [3.8, 4) is 0 Å². The zero-order valence-electron chi connectivity index (χ0n) is 10.0. The van der Waals surface area contributed by atoms with Crippen LogP contribution in [-0.4, -0.2) is 10.7 Å². The molecule has 94 valence electrons. The third-order valence-corrected chi connectivity index (χ3v) is 4.67. The van der Waals surface area contributed by atoms with Crippen molar-refractivity contribution < 1.29 is 5.11 Å². The molecule has 17 heavy (non-hydrogen) atoms. The number of aliphatic hydroxyl groups is 1. The Morgan fingerprint density at radius 2 is 2.18 bits per heavy atom. The lowest BCUT2D eigenvalue weighted by Gasteiger charge is -2.23. The summed E-state index contributed by atoms with van der Waals surface area (Å²) in [6.07, 6.45) is 4.63. The lowest BCUT2D eigenvalue weighted by Crippen LogP contribution is -2.28. The summed E-state index contributed by atoms with van der Waals surface area (Å²) in [4.78, 5) is 0. The van der Waals surface area contributed by atoms with Gasteiger partial charge in [0.2, 0.25) is 0 Å². The molecule has 0 saturated heterocycles. The van der Waals surface area contributed by atoms with Gasteiger partial charge in [0.15, 0.2) is 0 Å². The van der Waals surface area contributed by atoms with Crippen LogP contribution < -0.4 is 0 Å². The van der Waals surface area contributed by atoms with E-state index in [1.165, 1.54) is 0 Å². The molecule has 1 aromatic carbocycles. The summed E-state index contributed by atoms with van der Waals surface area (Å²) < 4.78 is 0. The maximum Gasteiger partial charge on any atom is 0.0691 e. The predicted molar refractivity (Wildman–Crippen MR) is 72.7 cm³/mol. The van der Waals surface area contributed by atoms with Crippen LogP contribution in [0.15, 0.2) is 18.2 Å². The molecule has 1 N–H and O–H groups in total. The van der Waals surface area contributed by atoms with Crippen molar-refractivity contribution in [3.63, 3.8) is 0 Å². The van der Waals surface area contributed by atoms with Crippen LogP contribution in [0.5, 0.6) is 0 Å². The van der Waals surface area contributed by atoms with E-state index in [0.717, 1.165) is 31.2 Å². The van der Waals surface area contributed by atoms with Crippen molar-refractivity contribution in [2.24, 2.45) is 5.92 Å². The zero-order chi connectivity index (χ0) is 12.5. The van der Waals surface area contributed by atoms with Gasteiger partial charge in [0.1, 0.15) is 0 Å². The molecule has 0 radical (unpaired) electrons. The zero-order valence-corrected chi connectivity index (χ0v) is 11.6. The van der Waals surface area contributed by atoms with Gasteiger partial charge >= 0.3 is 0 Å². The highest BCUT2D eigenvalue weighted by atomic mass is 35.5. The van der Waals surface area contributed by atoms with Crippen molar-refractivity contribution in [2.75, 3.05) is 0 Å². The molecule has 1 nitrogen and oxygen atoms in total. The van der Waals surface area contributed by atoms with Crippen LogP contribution in [0, 0.1) is 5.92 Å². The van der Waals surface area contributed by atoms with Crippen molar-refractivity contribution in [1.82, 2.24) is 0 Å². The van der Waals surface area contributed by atoms with E-state index < -0.39 is 5.60 Å². The van der Waals surface area contributed by atoms with E-state index in [-0.39, 0.29) is 0 Å². The van der Waals surface area contributed by atoms with Crippen molar-refractivity contribution in [1.29, 1.82) is 0 Å². The molecule has 0 bridgehead atoms. The fraction of sp³-hybridized carbons (Fsp3) is 0.571. The molecule has 0 aliphatic heterocycles. The average Bonchev–Trinajstić information content (AvgIpc) is 2.67. The molecule has 0 spiro atoms. The topological polar surface area (TPSA) is 20.2 Å². The van der Waals surface area contributed by atoms with Crippen molar-refractivity contribution in [2.45, 2.75) is 44.6 Å². The first-order valence-corrected chi connectivity index (χ1v) is 6.95. The molecule has 1 aliphatic carbocycles. The van der Waals surface area contributed by atoms with E-state index in [1.807, 2.05) is 12.1 Å². The van der Waals surface area contributed by atoms with E-state index in [0.29, 0.717) is 22.4 Å². The maximum absolute atomic E-state index is 10.6.